The summed E-state index contributed by atoms with van der Waals surface area (Å²) in [7, 11) is 0. The fourth-order valence-corrected chi connectivity index (χ4v) is 1.08. The molecule has 0 bridgehead atoms. The van der Waals surface area contributed by atoms with Crippen molar-refractivity contribution in [2.24, 2.45) is 0 Å². The molecule has 0 heteroatoms. The standard InChI is InChI=1S/C12H21/c1-3-5-7-9-11-12-10-8-6-4-2/h4,6,8,10H,1,3,5,7,9,11-12H2,2H3/b6-4-,10-8-. The van der Waals surface area contributed by atoms with E-state index in [0.29, 0.717) is 0 Å². The lowest BCUT2D eigenvalue weighted by atomic mass is 10.1. The maximum atomic E-state index is 3.82. The number of allylic oxidation sites excluding steroid dienone is 4. The fraction of sp³-hybridized carbons (Fsp3) is 0.583. The largest absolute Gasteiger partial charge is 0.0877 e. The zero-order valence-electron chi connectivity index (χ0n) is 8.26. The summed E-state index contributed by atoms with van der Waals surface area (Å²) in [5, 5.41) is 0. The molecular weight excluding hydrogens is 144 g/mol. The van der Waals surface area contributed by atoms with Crippen molar-refractivity contribution in [3.05, 3.63) is 31.2 Å². The van der Waals surface area contributed by atoms with Crippen LogP contribution >= 0.6 is 0 Å². The highest BCUT2D eigenvalue weighted by molar-refractivity contribution is 5.00. The highest BCUT2D eigenvalue weighted by Crippen LogP contribution is 2.04. The third-order valence-electron chi connectivity index (χ3n) is 1.81. The van der Waals surface area contributed by atoms with E-state index in [1.165, 1.54) is 32.1 Å². The lowest BCUT2D eigenvalue weighted by molar-refractivity contribution is 0.651. The van der Waals surface area contributed by atoms with Crippen LogP contribution in [-0.4, -0.2) is 0 Å². The molecular formula is C12H21. The third kappa shape index (κ3) is 9.48. The van der Waals surface area contributed by atoms with Gasteiger partial charge in [0.05, 0.1) is 0 Å². The van der Waals surface area contributed by atoms with Crippen molar-refractivity contribution in [1.82, 2.24) is 0 Å². The Balaban J connectivity index is 3.00. The minimum Gasteiger partial charge on any atom is -0.0877 e. The number of unbranched alkanes of at least 4 members (excludes halogenated alkanes) is 5. The molecule has 0 unspecified atom stereocenters. The Morgan fingerprint density at radius 1 is 1.00 bits per heavy atom. The zero-order valence-corrected chi connectivity index (χ0v) is 8.26. The Morgan fingerprint density at radius 2 is 1.75 bits per heavy atom. The van der Waals surface area contributed by atoms with E-state index in [0.717, 1.165) is 6.42 Å². The molecule has 0 spiro atoms. The average molecular weight is 165 g/mol. The van der Waals surface area contributed by atoms with Gasteiger partial charge in [0.25, 0.3) is 0 Å². The van der Waals surface area contributed by atoms with E-state index in [1.807, 2.05) is 6.92 Å². The predicted molar refractivity (Wildman–Crippen MR) is 57.0 cm³/mol. The molecule has 0 aromatic heterocycles. The summed E-state index contributed by atoms with van der Waals surface area (Å²) < 4.78 is 0. The van der Waals surface area contributed by atoms with Crippen LogP contribution in [0.2, 0.25) is 0 Å². The first-order chi connectivity index (χ1) is 5.91. The Hall–Kier alpha value is -0.520. The summed E-state index contributed by atoms with van der Waals surface area (Å²) in [6.07, 6.45) is 16.1. The van der Waals surface area contributed by atoms with Gasteiger partial charge < -0.3 is 0 Å². The molecule has 0 amide bonds. The second-order valence-electron chi connectivity index (χ2n) is 3.01. The van der Waals surface area contributed by atoms with Gasteiger partial charge in [0, 0.05) is 0 Å². The topological polar surface area (TPSA) is 0 Å². The number of rotatable bonds is 7. The highest BCUT2D eigenvalue weighted by atomic mass is 13.9. The van der Waals surface area contributed by atoms with Gasteiger partial charge in [-0.2, -0.15) is 0 Å². The first-order valence-corrected chi connectivity index (χ1v) is 4.99. The van der Waals surface area contributed by atoms with Crippen LogP contribution < -0.4 is 0 Å². The maximum Gasteiger partial charge on any atom is -0.0348 e. The first kappa shape index (κ1) is 11.5. The van der Waals surface area contributed by atoms with Crippen molar-refractivity contribution >= 4 is 0 Å². The van der Waals surface area contributed by atoms with Crippen LogP contribution in [0, 0.1) is 6.92 Å². The van der Waals surface area contributed by atoms with Gasteiger partial charge in [0.1, 0.15) is 0 Å². The van der Waals surface area contributed by atoms with Crippen molar-refractivity contribution in [3.8, 4) is 0 Å². The van der Waals surface area contributed by atoms with Crippen LogP contribution in [-0.2, 0) is 0 Å². The molecule has 0 saturated heterocycles. The van der Waals surface area contributed by atoms with Gasteiger partial charge >= 0.3 is 0 Å². The van der Waals surface area contributed by atoms with Gasteiger partial charge in [-0.15, -0.1) is 0 Å². The smallest absolute Gasteiger partial charge is 0.0348 e. The van der Waals surface area contributed by atoms with Crippen LogP contribution in [0.25, 0.3) is 0 Å². The monoisotopic (exact) mass is 165 g/mol. The van der Waals surface area contributed by atoms with Crippen LogP contribution in [0.1, 0.15) is 45.4 Å². The molecule has 0 fully saturated rings. The van der Waals surface area contributed by atoms with Crippen molar-refractivity contribution in [2.45, 2.75) is 45.4 Å². The number of hydrogen-bond donors (Lipinski definition) is 0. The SMILES string of the molecule is [CH2]CCCCCC/C=C\C=C/C. The van der Waals surface area contributed by atoms with Gasteiger partial charge in [-0.3, -0.25) is 0 Å². The Morgan fingerprint density at radius 3 is 2.42 bits per heavy atom. The van der Waals surface area contributed by atoms with E-state index < -0.39 is 0 Å². The Bertz CT molecular complexity index is 120. The van der Waals surface area contributed by atoms with Crippen LogP contribution in [0.5, 0.6) is 0 Å². The summed E-state index contributed by atoms with van der Waals surface area (Å²) in [4.78, 5) is 0. The van der Waals surface area contributed by atoms with E-state index in [1.54, 1.807) is 0 Å². The van der Waals surface area contributed by atoms with Gasteiger partial charge in [0.15, 0.2) is 0 Å². The Kier molecular flexibility index (Phi) is 10.0. The van der Waals surface area contributed by atoms with Crippen molar-refractivity contribution < 1.29 is 0 Å². The summed E-state index contributed by atoms with van der Waals surface area (Å²) in [6, 6.07) is 0. The number of hydrogen-bond acceptors (Lipinski definition) is 0. The van der Waals surface area contributed by atoms with Crippen LogP contribution in [0.4, 0.5) is 0 Å². The highest BCUT2D eigenvalue weighted by Gasteiger charge is 1.85. The second kappa shape index (κ2) is 10.5. The summed E-state index contributed by atoms with van der Waals surface area (Å²) >= 11 is 0. The molecule has 69 valence electrons. The molecule has 0 nitrogen and oxygen atoms in total. The molecule has 0 saturated carbocycles. The van der Waals surface area contributed by atoms with Gasteiger partial charge in [-0.05, 0) is 19.8 Å². The first-order valence-electron chi connectivity index (χ1n) is 4.99. The fourth-order valence-electron chi connectivity index (χ4n) is 1.08. The molecule has 0 rings (SSSR count). The molecule has 0 aliphatic heterocycles. The molecule has 0 atom stereocenters. The van der Waals surface area contributed by atoms with Crippen LogP contribution in [0.15, 0.2) is 24.3 Å². The average Bonchev–Trinajstić information content (AvgIpc) is 2.10. The molecule has 0 aromatic rings. The van der Waals surface area contributed by atoms with Crippen LogP contribution in [0.3, 0.4) is 0 Å². The van der Waals surface area contributed by atoms with Crippen molar-refractivity contribution in [2.75, 3.05) is 0 Å². The lowest BCUT2D eigenvalue weighted by Crippen LogP contribution is -1.75. The molecule has 12 heavy (non-hydrogen) atoms. The minimum atomic E-state index is 1.09. The normalized spacial score (nSPS) is 11.8. The van der Waals surface area contributed by atoms with E-state index in [-0.39, 0.29) is 0 Å². The van der Waals surface area contributed by atoms with Gasteiger partial charge in [-0.1, -0.05) is 56.9 Å². The second-order valence-corrected chi connectivity index (χ2v) is 3.01. The Labute approximate surface area is 77.4 Å². The van der Waals surface area contributed by atoms with E-state index >= 15 is 0 Å². The molecule has 1 radical (unpaired) electrons. The van der Waals surface area contributed by atoms with E-state index in [4.69, 9.17) is 0 Å². The summed E-state index contributed by atoms with van der Waals surface area (Å²) in [6.45, 7) is 5.86. The zero-order chi connectivity index (χ0) is 9.07. The molecule has 0 aliphatic rings. The predicted octanol–water partition coefficient (Wildman–Crippen LogP) is 4.29. The third-order valence-corrected chi connectivity index (χ3v) is 1.81. The summed E-state index contributed by atoms with van der Waals surface area (Å²) in [5.41, 5.74) is 0. The molecule has 0 aromatic carbocycles. The molecule has 0 aliphatic carbocycles. The molecule has 0 heterocycles. The molecule has 0 N–H and O–H groups in total. The van der Waals surface area contributed by atoms with Gasteiger partial charge in [0.2, 0.25) is 0 Å². The summed E-state index contributed by atoms with van der Waals surface area (Å²) in [5.74, 6) is 0. The van der Waals surface area contributed by atoms with Crippen molar-refractivity contribution in [3.63, 3.8) is 0 Å². The van der Waals surface area contributed by atoms with Gasteiger partial charge in [-0.25, -0.2) is 0 Å². The van der Waals surface area contributed by atoms with E-state index in [2.05, 4.69) is 31.2 Å². The quantitative estimate of drug-likeness (QED) is 0.390. The van der Waals surface area contributed by atoms with E-state index in [9.17, 15) is 0 Å². The lowest BCUT2D eigenvalue weighted by Gasteiger charge is -1.95. The minimum absolute atomic E-state index is 1.09. The maximum absolute atomic E-state index is 3.82. The van der Waals surface area contributed by atoms with Crippen molar-refractivity contribution in [1.29, 1.82) is 0 Å².